The lowest BCUT2D eigenvalue weighted by Crippen LogP contribution is -2.30. The van der Waals surface area contributed by atoms with E-state index in [0.717, 1.165) is 28.8 Å². The molecule has 3 aromatic rings. The molecule has 1 N–H and O–H groups in total. The van der Waals surface area contributed by atoms with Crippen molar-refractivity contribution in [3.05, 3.63) is 58.5 Å². The number of carbonyl (C=O) groups is 1. The number of rotatable bonds is 11. The van der Waals surface area contributed by atoms with E-state index < -0.39 is 0 Å². The summed E-state index contributed by atoms with van der Waals surface area (Å²) in [6.45, 7) is 7.45. The van der Waals surface area contributed by atoms with E-state index in [2.05, 4.69) is 16.4 Å². The molecule has 4 rings (SSSR count). The van der Waals surface area contributed by atoms with Crippen LogP contribution in [0.5, 0.6) is 17.2 Å². The molecule has 0 bridgehead atoms. The number of carbonyl (C=O) groups excluding carboxylic acids is 1. The van der Waals surface area contributed by atoms with Gasteiger partial charge in [0.05, 0.1) is 31.5 Å². The molecule has 8 heteroatoms. The fourth-order valence-corrected chi connectivity index (χ4v) is 4.62. The van der Waals surface area contributed by atoms with Gasteiger partial charge in [-0.05, 0) is 49.8 Å². The zero-order valence-corrected chi connectivity index (χ0v) is 21.6. The van der Waals surface area contributed by atoms with Crippen LogP contribution in [0.1, 0.15) is 34.0 Å². The van der Waals surface area contributed by atoms with Crippen LogP contribution in [-0.4, -0.2) is 68.0 Å². The van der Waals surface area contributed by atoms with Crippen LogP contribution in [0.25, 0.3) is 17.0 Å². The second kappa shape index (κ2) is 11.2. The first kappa shape index (κ1) is 25.8. The quantitative estimate of drug-likeness (QED) is 0.396. The van der Waals surface area contributed by atoms with E-state index >= 15 is 0 Å². The standard InChI is InChI=1S/C28H34N2O6/c1-6-30-16-19(21-15-20(35-5)7-8-23(21)30)14-25-27(32)26-18(2)13-24(31)22(28(26)36-25)17-29(9-11-33-3)10-12-34-4/h7-8,13-16,31H,6,9-12,17H2,1-5H3/b25-14+. The van der Waals surface area contributed by atoms with Crippen molar-refractivity contribution in [3.8, 4) is 17.2 Å². The molecule has 1 aliphatic heterocycles. The summed E-state index contributed by atoms with van der Waals surface area (Å²) in [5.41, 5.74) is 3.67. The highest BCUT2D eigenvalue weighted by Gasteiger charge is 2.34. The lowest BCUT2D eigenvalue weighted by atomic mass is 9.99. The summed E-state index contributed by atoms with van der Waals surface area (Å²) >= 11 is 0. The Hall–Kier alpha value is -3.33. The van der Waals surface area contributed by atoms with Gasteiger partial charge >= 0.3 is 0 Å². The molecule has 0 atom stereocenters. The van der Waals surface area contributed by atoms with Gasteiger partial charge in [0.2, 0.25) is 5.78 Å². The van der Waals surface area contributed by atoms with E-state index in [1.807, 2.05) is 31.3 Å². The number of allylic oxidation sites excluding steroid dienone is 1. The number of ketones is 1. The molecule has 0 spiro atoms. The van der Waals surface area contributed by atoms with Crippen LogP contribution in [0.15, 0.2) is 36.2 Å². The van der Waals surface area contributed by atoms with Crippen LogP contribution < -0.4 is 9.47 Å². The Kier molecular flexibility index (Phi) is 7.98. The molecule has 2 aromatic carbocycles. The van der Waals surface area contributed by atoms with Gasteiger partial charge in [-0.2, -0.15) is 0 Å². The maximum Gasteiger partial charge on any atom is 0.232 e. The SMILES string of the molecule is CCn1cc(/C=C2/Oc3c(CN(CCOC)CCOC)c(O)cc(C)c3C2=O)c2cc(OC)ccc21. The number of ether oxygens (including phenoxy) is 4. The minimum atomic E-state index is -0.190. The number of fused-ring (bicyclic) bond motifs is 2. The van der Waals surface area contributed by atoms with Crippen LogP contribution >= 0.6 is 0 Å². The number of aromatic nitrogens is 1. The molecule has 0 amide bonds. The predicted molar refractivity (Wildman–Crippen MR) is 139 cm³/mol. The average molecular weight is 495 g/mol. The fraction of sp³-hybridized carbons (Fsp3) is 0.393. The molecule has 0 fully saturated rings. The first-order valence-electron chi connectivity index (χ1n) is 12.1. The molecular weight excluding hydrogens is 460 g/mol. The van der Waals surface area contributed by atoms with Crippen LogP contribution in [0.2, 0.25) is 0 Å². The Bertz CT molecular complexity index is 1290. The Morgan fingerprint density at radius 2 is 1.83 bits per heavy atom. The molecule has 36 heavy (non-hydrogen) atoms. The van der Waals surface area contributed by atoms with Crippen molar-refractivity contribution in [3.63, 3.8) is 0 Å². The maximum atomic E-state index is 13.5. The van der Waals surface area contributed by atoms with Crippen molar-refractivity contribution in [2.75, 3.05) is 47.6 Å². The highest BCUT2D eigenvalue weighted by molar-refractivity contribution is 6.16. The van der Waals surface area contributed by atoms with Gasteiger partial charge < -0.3 is 28.6 Å². The number of nitrogens with zero attached hydrogens (tertiary/aromatic N) is 2. The molecule has 2 heterocycles. The number of phenols is 1. The Morgan fingerprint density at radius 1 is 1.11 bits per heavy atom. The van der Waals surface area contributed by atoms with Gasteiger partial charge in [-0.1, -0.05) is 0 Å². The molecule has 0 radical (unpaired) electrons. The Morgan fingerprint density at radius 3 is 2.47 bits per heavy atom. The summed E-state index contributed by atoms with van der Waals surface area (Å²) in [6, 6.07) is 7.54. The second-order valence-corrected chi connectivity index (χ2v) is 8.85. The van der Waals surface area contributed by atoms with Crippen LogP contribution in [0, 0.1) is 6.92 Å². The largest absolute Gasteiger partial charge is 0.507 e. The van der Waals surface area contributed by atoms with Gasteiger partial charge in [0.1, 0.15) is 17.2 Å². The molecular formula is C28H34N2O6. The third-order valence-electron chi connectivity index (χ3n) is 6.57. The van der Waals surface area contributed by atoms with Gasteiger partial charge in [-0.25, -0.2) is 0 Å². The van der Waals surface area contributed by atoms with Crippen molar-refractivity contribution in [1.82, 2.24) is 9.47 Å². The number of hydrogen-bond donors (Lipinski definition) is 1. The molecule has 1 aliphatic rings. The fourth-order valence-electron chi connectivity index (χ4n) is 4.62. The molecule has 0 saturated carbocycles. The second-order valence-electron chi connectivity index (χ2n) is 8.85. The average Bonchev–Trinajstić information content (AvgIpc) is 3.39. The van der Waals surface area contributed by atoms with E-state index in [9.17, 15) is 9.90 Å². The molecule has 192 valence electrons. The summed E-state index contributed by atoms with van der Waals surface area (Å²) in [7, 11) is 4.94. The minimum absolute atomic E-state index is 0.104. The van der Waals surface area contributed by atoms with Crippen LogP contribution in [0.3, 0.4) is 0 Å². The first-order valence-corrected chi connectivity index (χ1v) is 12.1. The van der Waals surface area contributed by atoms with Gasteiger partial charge in [0, 0.05) is 63.1 Å². The Balaban J connectivity index is 1.74. The predicted octanol–water partition coefficient (Wildman–Crippen LogP) is 4.39. The third kappa shape index (κ3) is 4.97. The summed E-state index contributed by atoms with van der Waals surface area (Å²) in [5.74, 6) is 1.31. The van der Waals surface area contributed by atoms with Crippen molar-refractivity contribution < 1.29 is 28.8 Å². The molecule has 8 nitrogen and oxygen atoms in total. The summed E-state index contributed by atoms with van der Waals surface area (Å²) in [4.78, 5) is 15.6. The lowest BCUT2D eigenvalue weighted by molar-refractivity contribution is 0.101. The smallest absolute Gasteiger partial charge is 0.232 e. The van der Waals surface area contributed by atoms with E-state index in [-0.39, 0.29) is 17.3 Å². The number of aryl methyl sites for hydroxylation is 2. The number of hydrogen-bond acceptors (Lipinski definition) is 7. The summed E-state index contributed by atoms with van der Waals surface area (Å²) in [5, 5.41) is 11.8. The minimum Gasteiger partial charge on any atom is -0.507 e. The van der Waals surface area contributed by atoms with Crippen LogP contribution in [0.4, 0.5) is 0 Å². The number of methoxy groups -OCH3 is 3. The van der Waals surface area contributed by atoms with E-state index in [4.69, 9.17) is 18.9 Å². The molecule has 0 saturated heterocycles. The van der Waals surface area contributed by atoms with Gasteiger partial charge in [0.15, 0.2) is 5.76 Å². The lowest BCUT2D eigenvalue weighted by Gasteiger charge is -2.23. The van der Waals surface area contributed by atoms with E-state index in [0.29, 0.717) is 55.3 Å². The maximum absolute atomic E-state index is 13.5. The van der Waals surface area contributed by atoms with Crippen molar-refractivity contribution >= 4 is 22.8 Å². The van der Waals surface area contributed by atoms with Gasteiger partial charge in [0.25, 0.3) is 0 Å². The molecule has 0 unspecified atom stereocenters. The van der Waals surface area contributed by atoms with Crippen molar-refractivity contribution in [1.29, 1.82) is 0 Å². The highest BCUT2D eigenvalue weighted by Crippen LogP contribution is 2.42. The molecule has 1 aromatic heterocycles. The zero-order valence-electron chi connectivity index (χ0n) is 21.6. The summed E-state index contributed by atoms with van der Waals surface area (Å²) in [6.07, 6.45) is 3.79. The highest BCUT2D eigenvalue weighted by atomic mass is 16.5. The van der Waals surface area contributed by atoms with Gasteiger partial charge in [-0.15, -0.1) is 0 Å². The number of benzene rings is 2. The monoisotopic (exact) mass is 494 g/mol. The normalized spacial score (nSPS) is 14.2. The topological polar surface area (TPSA) is 82.4 Å². The number of aromatic hydroxyl groups is 1. The number of Topliss-reactive ketones (excluding diaryl/α,β-unsaturated/α-hetero) is 1. The summed E-state index contributed by atoms with van der Waals surface area (Å²) < 4.78 is 24.2. The molecule has 0 aliphatic carbocycles. The number of phenolic OH excluding ortho intramolecular Hbond substituents is 1. The third-order valence-corrected chi connectivity index (χ3v) is 6.57. The first-order chi connectivity index (χ1) is 17.4. The van der Waals surface area contributed by atoms with E-state index in [1.165, 1.54) is 0 Å². The Labute approximate surface area is 211 Å². The zero-order chi connectivity index (χ0) is 25.8. The van der Waals surface area contributed by atoms with Gasteiger partial charge in [-0.3, -0.25) is 9.69 Å². The van der Waals surface area contributed by atoms with E-state index in [1.54, 1.807) is 33.5 Å². The van der Waals surface area contributed by atoms with Crippen LogP contribution in [-0.2, 0) is 22.6 Å². The van der Waals surface area contributed by atoms with Crippen molar-refractivity contribution in [2.24, 2.45) is 0 Å². The van der Waals surface area contributed by atoms with Crippen molar-refractivity contribution in [2.45, 2.75) is 26.9 Å².